The quantitative estimate of drug-likeness (QED) is 0.121. The van der Waals surface area contributed by atoms with Crippen molar-refractivity contribution in [2.45, 2.75) is 24.7 Å². The lowest BCUT2D eigenvalue weighted by atomic mass is 9.85. The van der Waals surface area contributed by atoms with Gasteiger partial charge < -0.3 is 9.80 Å². The van der Waals surface area contributed by atoms with Gasteiger partial charge in [-0.15, -0.1) is 0 Å². The highest BCUT2D eigenvalue weighted by Gasteiger charge is 2.21. The molecule has 9 aromatic carbocycles. The molecule has 68 heavy (non-hydrogen) atoms. The van der Waals surface area contributed by atoms with Crippen LogP contribution < -0.4 is 9.80 Å². The molecule has 9 aromatic rings. The fourth-order valence-electron chi connectivity index (χ4n) is 9.78. The lowest BCUT2D eigenvalue weighted by molar-refractivity contribution is 0.840. The molecule has 2 unspecified atom stereocenters. The van der Waals surface area contributed by atoms with Crippen LogP contribution in [0.2, 0.25) is 0 Å². The molecule has 0 radical (unpaired) electrons. The molecule has 0 aromatic heterocycles. The number of rotatable bonds is 12. The fourth-order valence-corrected chi connectivity index (χ4v) is 9.78. The Kier molecular flexibility index (Phi) is 12.1. The van der Waals surface area contributed by atoms with E-state index in [1.807, 2.05) is 0 Å². The minimum atomic E-state index is 0.246. The Morgan fingerprint density at radius 1 is 0.324 bits per heavy atom. The number of benzene rings is 9. The zero-order valence-electron chi connectivity index (χ0n) is 38.0. The van der Waals surface area contributed by atoms with Gasteiger partial charge in [0.1, 0.15) is 0 Å². The van der Waals surface area contributed by atoms with Crippen LogP contribution in [0, 0.1) is 0 Å². The number of anilines is 5. The highest BCUT2D eigenvalue weighted by Crippen LogP contribution is 2.43. The van der Waals surface area contributed by atoms with Crippen molar-refractivity contribution in [3.05, 3.63) is 296 Å². The molecular weight excluding hydrogens is 821 g/mol. The molecule has 0 spiro atoms. The van der Waals surface area contributed by atoms with Crippen LogP contribution in [-0.2, 0) is 0 Å². The van der Waals surface area contributed by atoms with E-state index in [4.69, 9.17) is 0 Å². The summed E-state index contributed by atoms with van der Waals surface area (Å²) in [4.78, 5) is 4.76. The summed E-state index contributed by atoms with van der Waals surface area (Å²) < 4.78 is 0. The van der Waals surface area contributed by atoms with Crippen LogP contribution in [-0.4, -0.2) is 0 Å². The van der Waals surface area contributed by atoms with Crippen molar-refractivity contribution < 1.29 is 0 Å². The predicted octanol–water partition coefficient (Wildman–Crippen LogP) is 18.2. The highest BCUT2D eigenvalue weighted by atomic mass is 15.1. The first-order valence-corrected chi connectivity index (χ1v) is 23.8. The van der Waals surface area contributed by atoms with Gasteiger partial charge in [0, 0.05) is 46.0 Å². The molecule has 326 valence electrons. The van der Waals surface area contributed by atoms with Gasteiger partial charge >= 0.3 is 0 Å². The molecule has 0 N–H and O–H groups in total. The minimum Gasteiger partial charge on any atom is -0.311 e. The maximum atomic E-state index is 2.42. The zero-order chi connectivity index (χ0) is 45.5. The summed E-state index contributed by atoms with van der Waals surface area (Å²) in [5.41, 5.74) is 19.2. The molecule has 2 nitrogen and oxygen atoms in total. The van der Waals surface area contributed by atoms with Crippen LogP contribution in [0.15, 0.2) is 285 Å². The maximum absolute atomic E-state index is 2.42. The van der Waals surface area contributed by atoms with E-state index in [9.17, 15) is 0 Å². The van der Waals surface area contributed by atoms with Crippen molar-refractivity contribution in [2.24, 2.45) is 0 Å². The molecule has 2 aliphatic rings. The number of para-hydroxylation sites is 1. The maximum Gasteiger partial charge on any atom is 0.0465 e. The van der Waals surface area contributed by atoms with Crippen LogP contribution in [0.25, 0.3) is 44.5 Å². The van der Waals surface area contributed by atoms with Crippen molar-refractivity contribution >= 4 is 28.4 Å². The highest BCUT2D eigenvalue weighted by molar-refractivity contribution is 5.83. The van der Waals surface area contributed by atoms with Gasteiger partial charge in [-0.05, 0) is 135 Å². The minimum absolute atomic E-state index is 0.246. The van der Waals surface area contributed by atoms with E-state index < -0.39 is 0 Å². The molecule has 0 saturated carbocycles. The van der Waals surface area contributed by atoms with E-state index in [2.05, 4.69) is 289 Å². The average molecular weight is 873 g/mol. The molecule has 0 aliphatic heterocycles. The van der Waals surface area contributed by atoms with E-state index in [0.29, 0.717) is 5.92 Å². The van der Waals surface area contributed by atoms with Gasteiger partial charge in [-0.1, -0.05) is 212 Å². The SMILES string of the molecule is C1=CCC(c2cc(N(c3ccc(-c4ccccc4)cc3)c3ccc(-c4ccccc4)cc3)ccc2-c2ccc(-c3ccc(N(C4=CCC(c5ccccc5)C=C4)c4ccccc4)cc3)cc2)C=C1. The summed E-state index contributed by atoms with van der Waals surface area (Å²) in [6.45, 7) is 0. The molecule has 0 bridgehead atoms. The van der Waals surface area contributed by atoms with Crippen molar-refractivity contribution in [1.29, 1.82) is 0 Å². The third-order valence-corrected chi connectivity index (χ3v) is 13.4. The third kappa shape index (κ3) is 9.05. The zero-order valence-corrected chi connectivity index (χ0v) is 38.0. The van der Waals surface area contributed by atoms with Crippen LogP contribution in [0.5, 0.6) is 0 Å². The molecule has 11 rings (SSSR count). The largest absolute Gasteiger partial charge is 0.311 e. The first-order chi connectivity index (χ1) is 33.7. The van der Waals surface area contributed by atoms with Gasteiger partial charge in [-0.3, -0.25) is 0 Å². The Morgan fingerprint density at radius 2 is 0.765 bits per heavy atom. The topological polar surface area (TPSA) is 6.48 Å². The smallest absolute Gasteiger partial charge is 0.0465 e. The summed E-state index contributed by atoms with van der Waals surface area (Å²) in [5, 5.41) is 0. The summed E-state index contributed by atoms with van der Waals surface area (Å²) >= 11 is 0. The number of hydrogen-bond donors (Lipinski definition) is 0. The van der Waals surface area contributed by atoms with Gasteiger partial charge in [0.2, 0.25) is 0 Å². The van der Waals surface area contributed by atoms with E-state index in [-0.39, 0.29) is 5.92 Å². The van der Waals surface area contributed by atoms with Crippen molar-refractivity contribution in [2.75, 3.05) is 9.80 Å². The molecule has 0 heterocycles. The molecule has 0 saturated heterocycles. The van der Waals surface area contributed by atoms with Crippen LogP contribution in [0.1, 0.15) is 35.8 Å². The van der Waals surface area contributed by atoms with E-state index in [0.717, 1.165) is 41.3 Å². The fraction of sp³-hybridized carbons (Fsp3) is 0.0606. The van der Waals surface area contributed by atoms with E-state index in [1.54, 1.807) is 0 Å². The van der Waals surface area contributed by atoms with Crippen molar-refractivity contribution in [1.82, 2.24) is 0 Å². The second-order valence-electron chi connectivity index (χ2n) is 17.6. The molecular formula is C66H52N2. The molecule has 2 heteroatoms. The Morgan fingerprint density at radius 3 is 1.26 bits per heavy atom. The second kappa shape index (κ2) is 19.6. The summed E-state index contributed by atoms with van der Waals surface area (Å²) in [6.07, 6.45) is 17.9. The number of allylic oxidation sites excluding steroid dienone is 7. The predicted molar refractivity (Wildman–Crippen MR) is 288 cm³/mol. The third-order valence-electron chi connectivity index (χ3n) is 13.4. The summed E-state index contributed by atoms with van der Waals surface area (Å²) in [7, 11) is 0. The second-order valence-corrected chi connectivity index (χ2v) is 17.6. The monoisotopic (exact) mass is 872 g/mol. The Labute approximate surface area is 401 Å². The van der Waals surface area contributed by atoms with Gasteiger partial charge in [0.25, 0.3) is 0 Å². The normalized spacial score (nSPS) is 15.1. The van der Waals surface area contributed by atoms with Gasteiger partial charge in [-0.2, -0.15) is 0 Å². The first kappa shape index (κ1) is 42.2. The van der Waals surface area contributed by atoms with Crippen LogP contribution >= 0.6 is 0 Å². The van der Waals surface area contributed by atoms with Crippen molar-refractivity contribution in [3.63, 3.8) is 0 Å². The molecule has 2 atom stereocenters. The number of nitrogens with zero attached hydrogens (tertiary/aromatic N) is 2. The van der Waals surface area contributed by atoms with Crippen molar-refractivity contribution in [3.8, 4) is 44.5 Å². The first-order valence-electron chi connectivity index (χ1n) is 23.8. The van der Waals surface area contributed by atoms with Gasteiger partial charge in [0.15, 0.2) is 0 Å². The standard InChI is InChI=1S/C66H52N2/c1-6-16-49(17-7-1)53-30-38-60(39-31-53)67(59-24-14-5-15-25-59)61-40-36-56(37-41-61)52-26-28-58(29-27-52)65-47-46-64(48-66(65)57-22-12-4-13-23-57)68(62-42-32-54(33-43-62)50-18-8-2-9-19-50)63-44-34-55(35-45-63)51-20-10-3-11-21-51/h1-22,24-30,32-48,53,57H,23,31H2. The molecule has 0 fully saturated rings. The van der Waals surface area contributed by atoms with E-state index >= 15 is 0 Å². The summed E-state index contributed by atoms with van der Waals surface area (Å²) in [5.74, 6) is 0.630. The number of hydrogen-bond acceptors (Lipinski definition) is 2. The lowest BCUT2D eigenvalue weighted by Gasteiger charge is -2.29. The van der Waals surface area contributed by atoms with Gasteiger partial charge in [0.05, 0.1) is 0 Å². The van der Waals surface area contributed by atoms with Crippen LogP contribution in [0.4, 0.5) is 28.4 Å². The summed E-state index contributed by atoms with van der Waals surface area (Å²) in [6, 6.07) is 85.9. The molecule has 2 aliphatic carbocycles. The molecule has 0 amide bonds. The van der Waals surface area contributed by atoms with Gasteiger partial charge in [-0.25, -0.2) is 0 Å². The Balaban J connectivity index is 0.905. The Bertz CT molecular complexity index is 3140. The van der Waals surface area contributed by atoms with Crippen LogP contribution in [0.3, 0.4) is 0 Å². The lowest BCUT2D eigenvalue weighted by Crippen LogP contribution is -2.17. The van der Waals surface area contributed by atoms with E-state index in [1.165, 1.54) is 61.3 Å². The Hall–Kier alpha value is -8.46. The average Bonchev–Trinajstić information content (AvgIpc) is 3.43.